The molecule has 0 atom stereocenters. The maximum absolute atomic E-state index is 12.0. The van der Waals surface area contributed by atoms with E-state index in [1.54, 1.807) is 6.07 Å². The normalized spacial score (nSPS) is 12.9. The van der Waals surface area contributed by atoms with E-state index in [2.05, 4.69) is 10.6 Å². The van der Waals surface area contributed by atoms with E-state index >= 15 is 0 Å². The van der Waals surface area contributed by atoms with Crippen LogP contribution in [0.15, 0.2) is 28.6 Å². The van der Waals surface area contributed by atoms with E-state index in [-0.39, 0.29) is 36.2 Å². The number of hydroxylamine groups is 3. The molecule has 0 aliphatic heterocycles. The summed E-state index contributed by atoms with van der Waals surface area (Å²) < 4.78 is 28.9. The lowest BCUT2D eigenvalue weighted by Crippen LogP contribution is -2.30. The highest BCUT2D eigenvalue weighted by Gasteiger charge is 2.16. The summed E-state index contributed by atoms with van der Waals surface area (Å²) in [5.74, 6) is 0.279. The molecule has 0 unspecified atom stereocenters. The van der Waals surface area contributed by atoms with Crippen LogP contribution < -0.4 is 10.6 Å². The van der Waals surface area contributed by atoms with Gasteiger partial charge < -0.3 is 24.9 Å². The molecule has 0 aliphatic carbocycles. The van der Waals surface area contributed by atoms with Crippen LogP contribution in [-0.4, -0.2) is 51.4 Å². The predicted octanol–water partition coefficient (Wildman–Crippen LogP) is 0.153. The molecule has 0 radical (unpaired) electrons. The lowest BCUT2D eigenvalue weighted by molar-refractivity contribution is -0.854. The predicted molar refractivity (Wildman–Crippen MR) is 87.5 cm³/mol. The monoisotopic (exact) mass is 362 g/mol. The molecule has 0 amide bonds. The number of nitrogens with zero attached hydrogens (tertiary/aromatic N) is 2. The van der Waals surface area contributed by atoms with Crippen LogP contribution in [0.5, 0.6) is 0 Å². The topological polar surface area (TPSA) is 138 Å². The second-order valence-electron chi connectivity index (χ2n) is 5.70. The van der Waals surface area contributed by atoms with Crippen molar-refractivity contribution in [3.63, 3.8) is 0 Å². The molecule has 1 aromatic heterocycles. The summed E-state index contributed by atoms with van der Waals surface area (Å²) in [5.41, 5.74) is 0. The summed E-state index contributed by atoms with van der Waals surface area (Å²) in [5, 5.41) is 27.1. The Balaban J connectivity index is 2.56. The maximum Gasteiger partial charge on any atom is 0.274 e. The molecule has 0 spiro atoms. The number of sulfone groups is 1. The first-order valence-corrected chi connectivity index (χ1v) is 8.92. The van der Waals surface area contributed by atoms with Crippen molar-refractivity contribution in [2.24, 2.45) is 0 Å². The van der Waals surface area contributed by atoms with Crippen molar-refractivity contribution in [1.82, 2.24) is 10.6 Å². The number of quaternary nitrogens is 1. The second kappa shape index (κ2) is 8.13. The van der Waals surface area contributed by atoms with Gasteiger partial charge in [0.15, 0.2) is 21.4 Å². The molecule has 0 aliphatic rings. The third-order valence-corrected chi connectivity index (χ3v) is 4.40. The molecule has 1 heterocycles. The van der Waals surface area contributed by atoms with Gasteiger partial charge in [0.1, 0.15) is 18.1 Å². The van der Waals surface area contributed by atoms with Crippen LogP contribution in [-0.2, 0) is 22.1 Å². The maximum atomic E-state index is 12.0. The SMILES string of the molecule is CN/C(=C\[N+](=O)[O-])NCCS(=O)(=O)Cc1ccc(C[N+](C)(C)[O-])o1. The Morgan fingerprint density at radius 3 is 2.54 bits per heavy atom. The highest BCUT2D eigenvalue weighted by Crippen LogP contribution is 2.15. The molecule has 0 bridgehead atoms. The lowest BCUT2D eigenvalue weighted by Gasteiger charge is -2.32. The molecule has 0 fully saturated rings. The smallest absolute Gasteiger partial charge is 0.274 e. The van der Waals surface area contributed by atoms with Gasteiger partial charge in [-0.2, -0.15) is 0 Å². The van der Waals surface area contributed by atoms with Crippen LogP contribution in [0.1, 0.15) is 11.5 Å². The fraction of sp³-hybridized carbons (Fsp3) is 0.538. The first-order valence-electron chi connectivity index (χ1n) is 7.10. The summed E-state index contributed by atoms with van der Waals surface area (Å²) in [6.07, 6.45) is 0.717. The molecule has 0 aromatic carbocycles. The van der Waals surface area contributed by atoms with Crippen LogP contribution in [0, 0.1) is 15.3 Å². The van der Waals surface area contributed by atoms with Gasteiger partial charge in [0.2, 0.25) is 0 Å². The minimum Gasteiger partial charge on any atom is -0.633 e. The molecule has 136 valence electrons. The Kier molecular flexibility index (Phi) is 6.75. The summed E-state index contributed by atoms with van der Waals surface area (Å²) in [7, 11) is 0.943. The second-order valence-corrected chi connectivity index (χ2v) is 7.88. The van der Waals surface area contributed by atoms with Crippen molar-refractivity contribution < 1.29 is 22.4 Å². The van der Waals surface area contributed by atoms with E-state index in [4.69, 9.17) is 4.42 Å². The minimum absolute atomic E-state index is 0.0148. The van der Waals surface area contributed by atoms with Gasteiger partial charge in [-0.15, -0.1) is 0 Å². The number of rotatable bonds is 10. The largest absolute Gasteiger partial charge is 0.633 e. The Morgan fingerprint density at radius 2 is 2.00 bits per heavy atom. The fourth-order valence-electron chi connectivity index (χ4n) is 1.89. The Hall–Kier alpha value is -2.11. The average molecular weight is 362 g/mol. The van der Waals surface area contributed by atoms with Crippen molar-refractivity contribution in [2.45, 2.75) is 12.3 Å². The first-order chi connectivity index (χ1) is 11.0. The highest BCUT2D eigenvalue weighted by atomic mass is 32.2. The molecule has 10 nitrogen and oxygen atoms in total. The van der Waals surface area contributed by atoms with E-state index < -0.39 is 19.4 Å². The third kappa shape index (κ3) is 7.94. The van der Waals surface area contributed by atoms with E-state index in [9.17, 15) is 23.7 Å². The van der Waals surface area contributed by atoms with Gasteiger partial charge in [0.05, 0.1) is 24.8 Å². The fourth-order valence-corrected chi connectivity index (χ4v) is 3.04. The van der Waals surface area contributed by atoms with Crippen molar-refractivity contribution in [3.8, 4) is 0 Å². The van der Waals surface area contributed by atoms with Gasteiger partial charge in [-0.05, 0) is 12.1 Å². The van der Waals surface area contributed by atoms with Crippen molar-refractivity contribution in [3.05, 3.63) is 51.0 Å². The Morgan fingerprint density at radius 1 is 1.38 bits per heavy atom. The van der Waals surface area contributed by atoms with Crippen molar-refractivity contribution >= 4 is 9.84 Å². The number of furan rings is 1. The summed E-state index contributed by atoms with van der Waals surface area (Å²) in [4.78, 5) is 9.72. The third-order valence-electron chi connectivity index (χ3n) is 2.85. The van der Waals surface area contributed by atoms with Gasteiger partial charge in [0.25, 0.3) is 6.20 Å². The van der Waals surface area contributed by atoms with Crippen LogP contribution >= 0.6 is 0 Å². The number of nitrogens with one attached hydrogen (secondary N) is 2. The molecule has 0 saturated heterocycles. The zero-order valence-corrected chi connectivity index (χ0v) is 14.6. The zero-order chi connectivity index (χ0) is 18.4. The van der Waals surface area contributed by atoms with Crippen LogP contribution in [0.25, 0.3) is 0 Å². The first kappa shape index (κ1) is 19.9. The zero-order valence-electron chi connectivity index (χ0n) is 13.8. The Labute approximate surface area is 140 Å². The van der Waals surface area contributed by atoms with Gasteiger partial charge in [-0.3, -0.25) is 10.1 Å². The minimum atomic E-state index is -3.46. The van der Waals surface area contributed by atoms with E-state index in [0.29, 0.717) is 12.0 Å². The quantitative estimate of drug-likeness (QED) is 0.341. The van der Waals surface area contributed by atoms with E-state index in [0.717, 1.165) is 0 Å². The lowest BCUT2D eigenvalue weighted by atomic mass is 10.4. The summed E-state index contributed by atoms with van der Waals surface area (Å²) in [6.45, 7) is 0.125. The van der Waals surface area contributed by atoms with Crippen LogP contribution in [0.2, 0.25) is 0 Å². The number of hydrogen-bond donors (Lipinski definition) is 2. The number of hydrogen-bond acceptors (Lipinski definition) is 8. The summed E-state index contributed by atoms with van der Waals surface area (Å²) >= 11 is 0. The van der Waals surface area contributed by atoms with Crippen molar-refractivity contribution in [1.29, 1.82) is 0 Å². The molecule has 2 N–H and O–H groups in total. The summed E-state index contributed by atoms with van der Waals surface area (Å²) in [6, 6.07) is 3.11. The molecule has 0 saturated carbocycles. The average Bonchev–Trinajstić information content (AvgIpc) is 2.80. The van der Waals surface area contributed by atoms with Gasteiger partial charge >= 0.3 is 0 Å². The molecular formula is C13H22N4O6S. The molecule has 11 heteroatoms. The van der Waals surface area contributed by atoms with E-state index in [1.165, 1.54) is 27.2 Å². The molecule has 1 aromatic rings. The van der Waals surface area contributed by atoms with Crippen molar-refractivity contribution in [2.75, 3.05) is 33.4 Å². The standard InChI is InChI=1S/C13H22N4O6S/c1-14-13(8-16(18)19)15-6-7-24(21,22)10-12-5-4-11(23-12)9-17(2,3)20/h4-5,8,14-15H,6-7,9-10H2,1-3H3/b13-8+. The highest BCUT2D eigenvalue weighted by molar-refractivity contribution is 7.90. The van der Waals surface area contributed by atoms with Crippen LogP contribution in [0.3, 0.4) is 0 Å². The van der Waals surface area contributed by atoms with Crippen LogP contribution in [0.4, 0.5) is 0 Å². The van der Waals surface area contributed by atoms with Gasteiger partial charge in [0, 0.05) is 13.6 Å². The van der Waals surface area contributed by atoms with Gasteiger partial charge in [-0.1, -0.05) is 0 Å². The molecule has 1 rings (SSSR count). The van der Waals surface area contributed by atoms with Gasteiger partial charge in [-0.25, -0.2) is 8.42 Å². The Bertz CT molecular complexity index is 690. The van der Waals surface area contributed by atoms with E-state index in [1.807, 2.05) is 0 Å². The number of nitro groups is 1. The molecule has 24 heavy (non-hydrogen) atoms. The molecular weight excluding hydrogens is 340 g/mol.